The summed E-state index contributed by atoms with van der Waals surface area (Å²) in [5, 5.41) is 7.84. The number of carbonyl (C=O) groups excluding carboxylic acids is 2. The number of hydrogen-bond donors (Lipinski definition) is 3. The zero-order chi connectivity index (χ0) is 18.1. The summed E-state index contributed by atoms with van der Waals surface area (Å²) in [6, 6.07) is 11.7. The molecule has 1 aromatic heterocycles. The minimum Gasteiger partial charge on any atom is -0.346 e. The minimum absolute atomic E-state index is 0.0393. The van der Waals surface area contributed by atoms with Gasteiger partial charge in [0, 0.05) is 9.77 Å². The summed E-state index contributed by atoms with van der Waals surface area (Å²) in [5.41, 5.74) is 0.817. The molecule has 0 saturated heterocycles. The fraction of sp³-hybridized carbons (Fsp3) is 0.333. The average Bonchev–Trinajstić information content (AvgIpc) is 3.13. The SMILES string of the molecule is CC[NH+](CC(=O)NCc1cccs1)CC(=O)Nc1ccccc1SC. The number of rotatable bonds is 9. The molecular weight excluding hydrogens is 354 g/mol. The number of hydrogen-bond acceptors (Lipinski definition) is 4. The summed E-state index contributed by atoms with van der Waals surface area (Å²) in [5.74, 6) is -0.119. The lowest BCUT2D eigenvalue weighted by molar-refractivity contribution is -0.881. The van der Waals surface area contributed by atoms with Crippen LogP contribution >= 0.6 is 23.1 Å². The van der Waals surface area contributed by atoms with Crippen LogP contribution in [0.15, 0.2) is 46.7 Å². The van der Waals surface area contributed by atoms with Crippen LogP contribution in [0, 0.1) is 0 Å². The summed E-state index contributed by atoms with van der Waals surface area (Å²) < 4.78 is 0. The van der Waals surface area contributed by atoms with Crippen molar-refractivity contribution in [1.82, 2.24) is 5.32 Å². The third-order valence-corrected chi connectivity index (χ3v) is 5.41. The number of amides is 2. The lowest BCUT2D eigenvalue weighted by Gasteiger charge is -2.17. The molecule has 5 nitrogen and oxygen atoms in total. The Hall–Kier alpha value is -1.83. The third-order valence-electron chi connectivity index (χ3n) is 3.74. The van der Waals surface area contributed by atoms with Gasteiger partial charge in [-0.2, -0.15) is 0 Å². The number of anilines is 1. The van der Waals surface area contributed by atoms with E-state index in [4.69, 9.17) is 0 Å². The lowest BCUT2D eigenvalue weighted by atomic mass is 10.3. The molecule has 3 N–H and O–H groups in total. The Morgan fingerprint density at radius 3 is 2.56 bits per heavy atom. The predicted octanol–water partition coefficient (Wildman–Crippen LogP) is 1.63. The van der Waals surface area contributed by atoms with Gasteiger partial charge in [-0.15, -0.1) is 23.1 Å². The highest BCUT2D eigenvalue weighted by molar-refractivity contribution is 7.98. The number of carbonyl (C=O) groups is 2. The summed E-state index contributed by atoms with van der Waals surface area (Å²) in [7, 11) is 0. The normalized spacial score (nSPS) is 11.8. The predicted molar refractivity (Wildman–Crippen MR) is 104 cm³/mol. The van der Waals surface area contributed by atoms with Crippen molar-refractivity contribution in [3.05, 3.63) is 46.7 Å². The minimum atomic E-state index is -0.0793. The molecule has 25 heavy (non-hydrogen) atoms. The van der Waals surface area contributed by atoms with Gasteiger partial charge >= 0.3 is 0 Å². The van der Waals surface area contributed by atoms with Crippen molar-refractivity contribution in [3.8, 4) is 0 Å². The Bertz CT molecular complexity index is 689. The van der Waals surface area contributed by atoms with Crippen LogP contribution in [0.5, 0.6) is 0 Å². The van der Waals surface area contributed by atoms with Crippen molar-refractivity contribution in [2.45, 2.75) is 18.4 Å². The largest absolute Gasteiger partial charge is 0.346 e. The van der Waals surface area contributed by atoms with Crippen molar-refractivity contribution in [3.63, 3.8) is 0 Å². The maximum absolute atomic E-state index is 12.3. The second-order valence-electron chi connectivity index (χ2n) is 5.56. The Morgan fingerprint density at radius 1 is 1.12 bits per heavy atom. The molecule has 2 amide bonds. The van der Waals surface area contributed by atoms with Crippen LogP contribution in [0.2, 0.25) is 0 Å². The highest BCUT2D eigenvalue weighted by Crippen LogP contribution is 2.24. The van der Waals surface area contributed by atoms with E-state index in [1.54, 1.807) is 23.1 Å². The van der Waals surface area contributed by atoms with E-state index < -0.39 is 0 Å². The van der Waals surface area contributed by atoms with Crippen LogP contribution < -0.4 is 15.5 Å². The smallest absolute Gasteiger partial charge is 0.279 e. The molecule has 2 rings (SSSR count). The van der Waals surface area contributed by atoms with Crippen LogP contribution in [0.25, 0.3) is 0 Å². The van der Waals surface area contributed by atoms with Crippen LogP contribution in [0.1, 0.15) is 11.8 Å². The molecule has 0 saturated carbocycles. The van der Waals surface area contributed by atoms with Gasteiger partial charge in [-0.25, -0.2) is 0 Å². The number of para-hydroxylation sites is 1. The molecule has 2 aromatic rings. The van der Waals surface area contributed by atoms with E-state index in [9.17, 15) is 9.59 Å². The zero-order valence-corrected chi connectivity index (χ0v) is 16.1. The van der Waals surface area contributed by atoms with Gasteiger partial charge in [-0.3, -0.25) is 9.59 Å². The van der Waals surface area contributed by atoms with Crippen LogP contribution in [-0.4, -0.2) is 37.7 Å². The molecule has 1 aromatic carbocycles. The van der Waals surface area contributed by atoms with E-state index in [1.165, 1.54) is 0 Å². The number of thioether (sulfide) groups is 1. The van der Waals surface area contributed by atoms with Crippen LogP contribution in [0.4, 0.5) is 5.69 Å². The standard InChI is InChI=1S/C18H23N3O2S2/c1-3-21(12-17(22)19-11-14-7-6-10-25-14)13-18(23)20-15-8-4-5-9-16(15)24-2/h4-10H,3,11-13H2,1-2H3,(H,19,22)(H,20,23)/p+1. The van der Waals surface area contributed by atoms with E-state index in [2.05, 4.69) is 10.6 Å². The summed E-state index contributed by atoms with van der Waals surface area (Å²) in [4.78, 5) is 27.5. The second-order valence-corrected chi connectivity index (χ2v) is 7.44. The number of benzene rings is 1. The van der Waals surface area contributed by atoms with E-state index in [0.29, 0.717) is 19.6 Å². The molecule has 1 unspecified atom stereocenters. The Balaban J connectivity index is 1.81. The first-order valence-electron chi connectivity index (χ1n) is 8.18. The first kappa shape index (κ1) is 19.5. The molecule has 7 heteroatoms. The third kappa shape index (κ3) is 6.53. The molecule has 0 aliphatic heterocycles. The molecule has 0 fully saturated rings. The van der Waals surface area contributed by atoms with Gasteiger partial charge in [0.2, 0.25) is 0 Å². The van der Waals surface area contributed by atoms with Crippen molar-refractivity contribution < 1.29 is 14.5 Å². The highest BCUT2D eigenvalue weighted by Gasteiger charge is 2.17. The average molecular weight is 379 g/mol. The second kappa shape index (κ2) is 10.2. The maximum Gasteiger partial charge on any atom is 0.279 e. The van der Waals surface area contributed by atoms with Gasteiger partial charge in [0.15, 0.2) is 13.1 Å². The molecule has 1 heterocycles. The Labute approximate surface area is 156 Å². The fourth-order valence-electron chi connectivity index (χ4n) is 2.37. The molecule has 0 aliphatic carbocycles. The number of nitrogens with one attached hydrogen (secondary N) is 3. The van der Waals surface area contributed by atoms with Gasteiger partial charge in [0.05, 0.1) is 18.8 Å². The molecule has 0 radical (unpaired) electrons. The molecule has 1 atom stereocenters. The van der Waals surface area contributed by atoms with Crippen LogP contribution in [0.3, 0.4) is 0 Å². The monoisotopic (exact) mass is 378 g/mol. The maximum atomic E-state index is 12.3. The first-order valence-corrected chi connectivity index (χ1v) is 10.3. The van der Waals surface area contributed by atoms with Gasteiger partial charge in [0.1, 0.15) is 0 Å². The first-order chi connectivity index (χ1) is 12.1. The zero-order valence-electron chi connectivity index (χ0n) is 14.5. The van der Waals surface area contributed by atoms with Crippen molar-refractivity contribution in [1.29, 1.82) is 0 Å². The topological polar surface area (TPSA) is 62.6 Å². The van der Waals surface area contributed by atoms with E-state index in [0.717, 1.165) is 20.4 Å². The van der Waals surface area contributed by atoms with E-state index in [1.807, 2.05) is 55.0 Å². The number of quaternary nitrogens is 1. The van der Waals surface area contributed by atoms with Gasteiger partial charge < -0.3 is 15.5 Å². The Morgan fingerprint density at radius 2 is 1.88 bits per heavy atom. The number of likely N-dealkylation sites (N-methyl/N-ethyl adjacent to an activating group) is 1. The molecular formula is C18H24N3O2S2+. The number of thiophene rings is 1. The summed E-state index contributed by atoms with van der Waals surface area (Å²) in [6.07, 6.45) is 1.98. The molecule has 0 bridgehead atoms. The van der Waals surface area contributed by atoms with E-state index in [-0.39, 0.29) is 18.4 Å². The van der Waals surface area contributed by atoms with Crippen molar-refractivity contribution in [2.24, 2.45) is 0 Å². The molecule has 0 spiro atoms. The van der Waals surface area contributed by atoms with Crippen molar-refractivity contribution in [2.75, 3.05) is 31.2 Å². The van der Waals surface area contributed by atoms with Gasteiger partial charge in [-0.05, 0) is 36.8 Å². The van der Waals surface area contributed by atoms with Gasteiger partial charge in [-0.1, -0.05) is 18.2 Å². The fourth-order valence-corrected chi connectivity index (χ4v) is 3.57. The van der Waals surface area contributed by atoms with Crippen LogP contribution in [-0.2, 0) is 16.1 Å². The summed E-state index contributed by atoms with van der Waals surface area (Å²) in [6.45, 7) is 3.79. The summed E-state index contributed by atoms with van der Waals surface area (Å²) >= 11 is 3.21. The lowest BCUT2D eigenvalue weighted by Crippen LogP contribution is -3.13. The molecule has 134 valence electrons. The van der Waals surface area contributed by atoms with Gasteiger partial charge in [0.25, 0.3) is 11.8 Å². The molecule has 0 aliphatic rings. The van der Waals surface area contributed by atoms with E-state index >= 15 is 0 Å². The highest BCUT2D eigenvalue weighted by atomic mass is 32.2. The van der Waals surface area contributed by atoms with Crippen molar-refractivity contribution >= 4 is 40.6 Å². The Kier molecular flexibility index (Phi) is 7.97. The quantitative estimate of drug-likeness (QED) is 0.581.